The molecule has 0 spiro atoms. The molecule has 1 amide bonds. The molecule has 1 atom stereocenters. The molecule has 3 aromatic rings. The summed E-state index contributed by atoms with van der Waals surface area (Å²) in [5, 5.41) is 7.36. The highest BCUT2D eigenvalue weighted by Crippen LogP contribution is 2.28. The second-order valence-corrected chi connectivity index (χ2v) is 8.04. The van der Waals surface area contributed by atoms with Gasteiger partial charge in [0.15, 0.2) is 5.69 Å². The van der Waals surface area contributed by atoms with Crippen LogP contribution in [0.25, 0.3) is 16.9 Å². The second-order valence-electron chi connectivity index (χ2n) is 8.04. The number of amides is 1. The van der Waals surface area contributed by atoms with Crippen molar-refractivity contribution in [1.29, 1.82) is 0 Å². The fourth-order valence-corrected chi connectivity index (χ4v) is 4.26. The number of ether oxygens (including phenoxy) is 1. The lowest BCUT2D eigenvalue weighted by Gasteiger charge is -2.28. The van der Waals surface area contributed by atoms with E-state index in [1.54, 1.807) is 22.9 Å². The number of hydrogen-bond acceptors (Lipinski definition) is 4. The highest BCUT2D eigenvalue weighted by Gasteiger charge is 2.32. The monoisotopic (exact) mass is 435 g/mol. The fraction of sp³-hybridized carbons (Fsp3) is 0.320. The summed E-state index contributed by atoms with van der Waals surface area (Å²) in [5.74, 6) is -1.18. The number of methoxy groups -OCH3 is 1. The zero-order valence-electron chi connectivity index (χ0n) is 18.0. The Hall–Kier alpha value is -3.48. The van der Waals surface area contributed by atoms with Gasteiger partial charge in [0.05, 0.1) is 18.5 Å². The lowest BCUT2D eigenvalue weighted by atomic mass is 9.84. The SMILES string of the molecule is COC(=O)[C@@H](NC(=O)c1cc(-c2ccccc2)n(-c2ccc(F)cc2)n1)C1CCCCC1. The van der Waals surface area contributed by atoms with Crippen molar-refractivity contribution in [3.05, 3.63) is 72.2 Å². The molecule has 0 unspecified atom stereocenters. The Morgan fingerprint density at radius 2 is 1.75 bits per heavy atom. The molecule has 0 radical (unpaired) electrons. The number of benzene rings is 2. The van der Waals surface area contributed by atoms with Crippen LogP contribution in [0.5, 0.6) is 0 Å². The molecule has 1 aliphatic rings. The fourth-order valence-electron chi connectivity index (χ4n) is 4.26. The third kappa shape index (κ3) is 4.72. The molecular formula is C25H26FN3O3. The molecule has 32 heavy (non-hydrogen) atoms. The molecule has 1 fully saturated rings. The third-order valence-corrected chi connectivity index (χ3v) is 5.95. The maximum atomic E-state index is 13.5. The second kappa shape index (κ2) is 9.77. The molecule has 1 aromatic heterocycles. The average molecular weight is 435 g/mol. The Balaban J connectivity index is 1.67. The van der Waals surface area contributed by atoms with Gasteiger partial charge in [0, 0.05) is 5.56 Å². The molecule has 4 rings (SSSR count). The maximum Gasteiger partial charge on any atom is 0.328 e. The predicted octanol–water partition coefficient (Wildman–Crippen LogP) is 4.53. The molecule has 2 aromatic carbocycles. The van der Waals surface area contributed by atoms with Crippen LogP contribution in [0, 0.1) is 11.7 Å². The number of carbonyl (C=O) groups is 2. The van der Waals surface area contributed by atoms with Crippen LogP contribution in [0.1, 0.15) is 42.6 Å². The van der Waals surface area contributed by atoms with Gasteiger partial charge in [-0.3, -0.25) is 4.79 Å². The van der Waals surface area contributed by atoms with E-state index in [2.05, 4.69) is 10.4 Å². The summed E-state index contributed by atoms with van der Waals surface area (Å²) in [4.78, 5) is 25.6. The smallest absolute Gasteiger partial charge is 0.328 e. The van der Waals surface area contributed by atoms with Crippen molar-refractivity contribution in [3.63, 3.8) is 0 Å². The molecule has 0 aliphatic heterocycles. The molecule has 6 nitrogen and oxygen atoms in total. The molecule has 1 N–H and O–H groups in total. The number of rotatable bonds is 6. The van der Waals surface area contributed by atoms with Gasteiger partial charge in [0.2, 0.25) is 0 Å². The van der Waals surface area contributed by atoms with Gasteiger partial charge < -0.3 is 10.1 Å². The van der Waals surface area contributed by atoms with Gasteiger partial charge in [0.1, 0.15) is 11.9 Å². The van der Waals surface area contributed by atoms with Crippen molar-refractivity contribution >= 4 is 11.9 Å². The minimum atomic E-state index is -0.705. The highest BCUT2D eigenvalue weighted by molar-refractivity contribution is 5.96. The van der Waals surface area contributed by atoms with Gasteiger partial charge >= 0.3 is 5.97 Å². The van der Waals surface area contributed by atoms with Gasteiger partial charge in [-0.1, -0.05) is 49.6 Å². The summed E-state index contributed by atoms with van der Waals surface area (Å²) in [6, 6.07) is 16.4. The van der Waals surface area contributed by atoms with Gasteiger partial charge in [-0.05, 0) is 49.1 Å². The van der Waals surface area contributed by atoms with E-state index in [1.165, 1.54) is 19.2 Å². The minimum Gasteiger partial charge on any atom is -0.467 e. The standard InChI is InChI=1S/C25H26FN3O3/c1-32-25(31)23(18-10-6-3-7-11-18)27-24(30)21-16-22(17-8-4-2-5-9-17)29(28-21)20-14-12-19(26)13-15-20/h2,4-5,8-9,12-16,18,23H,3,6-7,10-11H2,1H3,(H,27,30)/t23-/m0/s1. The summed E-state index contributed by atoms with van der Waals surface area (Å²) >= 11 is 0. The summed E-state index contributed by atoms with van der Waals surface area (Å²) in [6.45, 7) is 0. The van der Waals surface area contributed by atoms with Crippen LogP contribution in [-0.2, 0) is 9.53 Å². The van der Waals surface area contributed by atoms with E-state index >= 15 is 0 Å². The van der Waals surface area contributed by atoms with E-state index in [4.69, 9.17) is 4.74 Å². The molecule has 0 saturated heterocycles. The molecular weight excluding hydrogens is 409 g/mol. The summed E-state index contributed by atoms with van der Waals surface area (Å²) in [5.41, 5.74) is 2.36. The normalized spacial score (nSPS) is 15.2. The van der Waals surface area contributed by atoms with E-state index in [0.29, 0.717) is 11.4 Å². The minimum absolute atomic E-state index is 0.0490. The van der Waals surface area contributed by atoms with Crippen LogP contribution in [-0.4, -0.2) is 34.8 Å². The zero-order chi connectivity index (χ0) is 22.5. The van der Waals surface area contributed by atoms with Crippen molar-refractivity contribution in [2.75, 3.05) is 7.11 Å². The van der Waals surface area contributed by atoms with Gasteiger partial charge in [0.25, 0.3) is 5.91 Å². The van der Waals surface area contributed by atoms with Crippen molar-refractivity contribution < 1.29 is 18.7 Å². The number of aromatic nitrogens is 2. The predicted molar refractivity (Wildman–Crippen MR) is 119 cm³/mol. The third-order valence-electron chi connectivity index (χ3n) is 5.95. The van der Waals surface area contributed by atoms with Crippen molar-refractivity contribution in [2.24, 2.45) is 5.92 Å². The largest absolute Gasteiger partial charge is 0.467 e. The molecule has 1 saturated carbocycles. The molecule has 166 valence electrons. The summed E-state index contributed by atoms with van der Waals surface area (Å²) in [7, 11) is 1.33. The van der Waals surface area contributed by atoms with Crippen LogP contribution < -0.4 is 5.32 Å². The first kappa shape index (κ1) is 21.7. The first-order valence-electron chi connectivity index (χ1n) is 10.9. The van der Waals surface area contributed by atoms with Crippen LogP contribution in [0.3, 0.4) is 0 Å². The molecule has 1 heterocycles. The number of halogens is 1. The lowest BCUT2D eigenvalue weighted by molar-refractivity contribution is -0.144. The van der Waals surface area contributed by atoms with Crippen LogP contribution in [0.4, 0.5) is 4.39 Å². The zero-order valence-corrected chi connectivity index (χ0v) is 18.0. The molecule has 1 aliphatic carbocycles. The number of hydrogen-bond donors (Lipinski definition) is 1. The van der Waals surface area contributed by atoms with E-state index in [1.807, 2.05) is 30.3 Å². The number of nitrogens with one attached hydrogen (secondary N) is 1. The lowest BCUT2D eigenvalue weighted by Crippen LogP contribution is -2.47. The maximum absolute atomic E-state index is 13.5. The van der Waals surface area contributed by atoms with Gasteiger partial charge in [-0.2, -0.15) is 5.10 Å². The summed E-state index contributed by atoms with van der Waals surface area (Å²) < 4.78 is 20.0. The molecule has 0 bridgehead atoms. The van der Waals surface area contributed by atoms with Gasteiger partial charge in [-0.25, -0.2) is 13.9 Å². The Kier molecular flexibility index (Phi) is 6.63. The van der Waals surface area contributed by atoms with E-state index in [0.717, 1.165) is 37.7 Å². The summed E-state index contributed by atoms with van der Waals surface area (Å²) in [6.07, 6.45) is 4.95. The Morgan fingerprint density at radius 1 is 1.06 bits per heavy atom. The number of carbonyl (C=O) groups excluding carboxylic acids is 2. The Morgan fingerprint density at radius 3 is 2.41 bits per heavy atom. The topological polar surface area (TPSA) is 73.2 Å². The number of nitrogens with zero attached hydrogens (tertiary/aromatic N) is 2. The first-order chi connectivity index (χ1) is 15.6. The quantitative estimate of drug-likeness (QED) is 0.578. The van der Waals surface area contributed by atoms with Crippen LogP contribution in [0.2, 0.25) is 0 Å². The Bertz CT molecular complexity index is 1070. The highest BCUT2D eigenvalue weighted by atomic mass is 19.1. The first-order valence-corrected chi connectivity index (χ1v) is 10.9. The molecule has 7 heteroatoms. The van der Waals surface area contributed by atoms with E-state index in [9.17, 15) is 14.0 Å². The van der Waals surface area contributed by atoms with E-state index in [-0.39, 0.29) is 17.4 Å². The van der Waals surface area contributed by atoms with Crippen LogP contribution >= 0.6 is 0 Å². The van der Waals surface area contributed by atoms with Crippen molar-refractivity contribution in [1.82, 2.24) is 15.1 Å². The van der Waals surface area contributed by atoms with Gasteiger partial charge in [-0.15, -0.1) is 0 Å². The van der Waals surface area contributed by atoms with Crippen LogP contribution in [0.15, 0.2) is 60.7 Å². The Labute approximate surface area is 186 Å². The van der Waals surface area contributed by atoms with Crippen molar-refractivity contribution in [3.8, 4) is 16.9 Å². The van der Waals surface area contributed by atoms with E-state index < -0.39 is 17.9 Å². The average Bonchev–Trinajstić information content (AvgIpc) is 3.29. The van der Waals surface area contributed by atoms with Crippen molar-refractivity contribution in [2.45, 2.75) is 38.1 Å². The number of esters is 1.